The normalized spacial score (nSPS) is 10.7. The van der Waals surface area contributed by atoms with E-state index >= 15 is 0 Å². The van der Waals surface area contributed by atoms with Gasteiger partial charge < -0.3 is 16.0 Å². The Morgan fingerprint density at radius 3 is 2.94 bits per heavy atom. The molecule has 0 aliphatic heterocycles. The molecular formula is C14H14N4. The molecule has 0 aliphatic carbocycles. The van der Waals surface area contributed by atoms with Gasteiger partial charge in [-0.25, -0.2) is 0 Å². The molecule has 3 aromatic rings. The highest BCUT2D eigenvalue weighted by Crippen LogP contribution is 2.25. The third-order valence-corrected chi connectivity index (χ3v) is 2.89. The second-order valence-corrected chi connectivity index (χ2v) is 4.34. The van der Waals surface area contributed by atoms with Gasteiger partial charge in [0.1, 0.15) is 0 Å². The van der Waals surface area contributed by atoms with E-state index in [2.05, 4.69) is 33.5 Å². The summed E-state index contributed by atoms with van der Waals surface area (Å²) in [6, 6.07) is 10.1. The summed E-state index contributed by atoms with van der Waals surface area (Å²) in [4.78, 5) is 7.36. The predicted molar refractivity (Wildman–Crippen MR) is 75.0 cm³/mol. The first-order valence-electron chi connectivity index (χ1n) is 5.78. The Kier molecular flexibility index (Phi) is 2.41. The third-order valence-electron chi connectivity index (χ3n) is 2.89. The first kappa shape index (κ1) is 10.7. The molecule has 0 aliphatic rings. The average molecular weight is 238 g/mol. The van der Waals surface area contributed by atoms with Crippen LogP contribution in [0.2, 0.25) is 0 Å². The molecule has 0 atom stereocenters. The lowest BCUT2D eigenvalue weighted by Crippen LogP contribution is -1.96. The van der Waals surface area contributed by atoms with Crippen molar-refractivity contribution in [1.82, 2.24) is 9.97 Å². The van der Waals surface area contributed by atoms with Crippen LogP contribution in [0, 0.1) is 6.92 Å². The SMILES string of the molecule is Cc1cc2cc(Nc3cnccc3N)ccc2[nH]1. The fraction of sp³-hybridized carbons (Fsp3) is 0.0714. The zero-order chi connectivity index (χ0) is 12.5. The van der Waals surface area contributed by atoms with E-state index in [0.29, 0.717) is 5.69 Å². The van der Waals surface area contributed by atoms with Crippen LogP contribution < -0.4 is 11.1 Å². The predicted octanol–water partition coefficient (Wildman–Crippen LogP) is 3.20. The number of aryl methyl sites for hydroxylation is 1. The Labute approximate surface area is 105 Å². The zero-order valence-corrected chi connectivity index (χ0v) is 10.1. The number of H-pyrrole nitrogens is 1. The Hall–Kier alpha value is -2.49. The molecule has 90 valence electrons. The minimum absolute atomic E-state index is 0.690. The van der Waals surface area contributed by atoms with Crippen LogP contribution in [0.15, 0.2) is 42.7 Å². The number of rotatable bonds is 2. The van der Waals surface area contributed by atoms with Gasteiger partial charge in [-0.05, 0) is 37.3 Å². The van der Waals surface area contributed by atoms with E-state index in [1.54, 1.807) is 18.5 Å². The second-order valence-electron chi connectivity index (χ2n) is 4.34. The number of nitrogens with one attached hydrogen (secondary N) is 2. The average Bonchev–Trinajstić information content (AvgIpc) is 2.71. The number of benzene rings is 1. The van der Waals surface area contributed by atoms with E-state index < -0.39 is 0 Å². The van der Waals surface area contributed by atoms with E-state index in [0.717, 1.165) is 22.6 Å². The molecule has 0 amide bonds. The van der Waals surface area contributed by atoms with Crippen LogP contribution in [0.1, 0.15) is 5.69 Å². The number of nitrogen functional groups attached to an aromatic ring is 1. The van der Waals surface area contributed by atoms with Crippen LogP contribution >= 0.6 is 0 Å². The van der Waals surface area contributed by atoms with Gasteiger partial charge in [-0.3, -0.25) is 4.98 Å². The topological polar surface area (TPSA) is 66.7 Å². The van der Waals surface area contributed by atoms with Gasteiger partial charge in [0.15, 0.2) is 0 Å². The molecule has 0 saturated heterocycles. The number of hydrogen-bond acceptors (Lipinski definition) is 3. The Morgan fingerprint density at radius 1 is 1.22 bits per heavy atom. The maximum Gasteiger partial charge on any atom is 0.0804 e. The monoisotopic (exact) mass is 238 g/mol. The van der Waals surface area contributed by atoms with E-state index in [9.17, 15) is 0 Å². The van der Waals surface area contributed by atoms with Crippen LogP contribution in [-0.2, 0) is 0 Å². The van der Waals surface area contributed by atoms with Crippen molar-refractivity contribution in [3.05, 3.63) is 48.4 Å². The number of aromatic nitrogens is 2. The van der Waals surface area contributed by atoms with Gasteiger partial charge in [0.05, 0.1) is 17.6 Å². The minimum Gasteiger partial charge on any atom is -0.397 e. The van der Waals surface area contributed by atoms with Gasteiger partial charge in [-0.2, -0.15) is 0 Å². The van der Waals surface area contributed by atoms with Crippen LogP contribution in [0.5, 0.6) is 0 Å². The van der Waals surface area contributed by atoms with Gasteiger partial charge in [0.2, 0.25) is 0 Å². The molecule has 1 aromatic carbocycles. The second kappa shape index (κ2) is 4.07. The molecule has 2 aromatic heterocycles. The first-order chi connectivity index (χ1) is 8.72. The van der Waals surface area contributed by atoms with Gasteiger partial charge >= 0.3 is 0 Å². The third kappa shape index (κ3) is 1.88. The lowest BCUT2D eigenvalue weighted by atomic mass is 10.2. The first-order valence-corrected chi connectivity index (χ1v) is 5.78. The van der Waals surface area contributed by atoms with Crippen molar-refractivity contribution in [1.29, 1.82) is 0 Å². The molecule has 3 rings (SSSR count). The summed E-state index contributed by atoms with van der Waals surface area (Å²) in [6.07, 6.45) is 3.40. The fourth-order valence-corrected chi connectivity index (χ4v) is 2.02. The summed E-state index contributed by atoms with van der Waals surface area (Å²) < 4.78 is 0. The Bertz CT molecular complexity index is 700. The minimum atomic E-state index is 0.690. The van der Waals surface area contributed by atoms with E-state index in [4.69, 9.17) is 5.73 Å². The molecule has 0 spiro atoms. The van der Waals surface area contributed by atoms with Crippen LogP contribution in [-0.4, -0.2) is 9.97 Å². The van der Waals surface area contributed by atoms with Crippen LogP contribution in [0.3, 0.4) is 0 Å². The number of fused-ring (bicyclic) bond motifs is 1. The van der Waals surface area contributed by atoms with Gasteiger partial charge in [-0.1, -0.05) is 0 Å². The molecule has 0 fully saturated rings. The van der Waals surface area contributed by atoms with Crippen molar-refractivity contribution < 1.29 is 0 Å². The Morgan fingerprint density at radius 2 is 2.11 bits per heavy atom. The molecule has 4 heteroatoms. The molecule has 0 radical (unpaired) electrons. The number of nitrogens with two attached hydrogens (primary N) is 1. The van der Waals surface area contributed by atoms with Crippen LogP contribution in [0.25, 0.3) is 10.9 Å². The highest BCUT2D eigenvalue weighted by Gasteiger charge is 2.02. The molecular weight excluding hydrogens is 224 g/mol. The maximum atomic E-state index is 5.88. The smallest absolute Gasteiger partial charge is 0.0804 e. The summed E-state index contributed by atoms with van der Waals surface area (Å²) in [5.74, 6) is 0. The fourth-order valence-electron chi connectivity index (χ4n) is 2.02. The van der Waals surface area contributed by atoms with Gasteiger partial charge in [0, 0.05) is 28.5 Å². The summed E-state index contributed by atoms with van der Waals surface area (Å²) in [7, 11) is 0. The largest absolute Gasteiger partial charge is 0.397 e. The summed E-state index contributed by atoms with van der Waals surface area (Å²) >= 11 is 0. The molecule has 4 nitrogen and oxygen atoms in total. The lowest BCUT2D eigenvalue weighted by Gasteiger charge is -2.08. The standard InChI is InChI=1S/C14H14N4/c1-9-6-10-7-11(2-3-13(10)17-9)18-14-8-16-5-4-12(14)15/h2-8,17-18H,1H3,(H2,15,16). The number of hydrogen-bond donors (Lipinski definition) is 3. The summed E-state index contributed by atoms with van der Waals surface area (Å²) in [5.41, 5.74) is 10.7. The molecule has 2 heterocycles. The van der Waals surface area contributed by atoms with E-state index in [1.165, 1.54) is 5.39 Å². The lowest BCUT2D eigenvalue weighted by molar-refractivity contribution is 1.30. The highest BCUT2D eigenvalue weighted by molar-refractivity contribution is 5.85. The molecule has 0 bridgehead atoms. The van der Waals surface area contributed by atoms with Crippen molar-refractivity contribution >= 4 is 28.0 Å². The molecule has 4 N–H and O–H groups in total. The number of anilines is 3. The molecule has 18 heavy (non-hydrogen) atoms. The summed E-state index contributed by atoms with van der Waals surface area (Å²) in [6.45, 7) is 2.05. The molecule has 0 unspecified atom stereocenters. The zero-order valence-electron chi connectivity index (χ0n) is 10.1. The number of pyridine rings is 1. The van der Waals surface area contributed by atoms with Crippen molar-refractivity contribution in [3.8, 4) is 0 Å². The van der Waals surface area contributed by atoms with Gasteiger partial charge in [-0.15, -0.1) is 0 Å². The summed E-state index contributed by atoms with van der Waals surface area (Å²) in [5, 5.41) is 4.45. The van der Waals surface area contributed by atoms with Crippen molar-refractivity contribution in [2.45, 2.75) is 6.92 Å². The van der Waals surface area contributed by atoms with Crippen molar-refractivity contribution in [2.24, 2.45) is 0 Å². The number of nitrogens with zero attached hydrogens (tertiary/aromatic N) is 1. The van der Waals surface area contributed by atoms with Crippen molar-refractivity contribution in [2.75, 3.05) is 11.1 Å². The van der Waals surface area contributed by atoms with E-state index in [1.807, 2.05) is 13.0 Å². The van der Waals surface area contributed by atoms with E-state index in [-0.39, 0.29) is 0 Å². The van der Waals surface area contributed by atoms with Gasteiger partial charge in [0.25, 0.3) is 0 Å². The Balaban J connectivity index is 1.97. The quantitative estimate of drug-likeness (QED) is 0.642. The molecule has 0 saturated carbocycles. The number of aromatic amines is 1. The van der Waals surface area contributed by atoms with Crippen LogP contribution in [0.4, 0.5) is 17.1 Å². The highest BCUT2D eigenvalue weighted by atomic mass is 14.9. The maximum absolute atomic E-state index is 5.88. The van der Waals surface area contributed by atoms with Crippen molar-refractivity contribution in [3.63, 3.8) is 0 Å².